The highest BCUT2D eigenvalue weighted by Gasteiger charge is 2.23. The molecule has 1 amide bonds. The number of carbonyl (C=O) groups excluding carboxylic acids is 1. The molecule has 2 rings (SSSR count). The van der Waals surface area contributed by atoms with Crippen molar-refractivity contribution in [3.05, 3.63) is 60.7 Å². The highest BCUT2D eigenvalue weighted by molar-refractivity contribution is 5.69. The number of rotatable bonds is 11. The number of allylic oxidation sites excluding steroid dienone is 1. The molecule has 0 aliphatic carbocycles. The summed E-state index contributed by atoms with van der Waals surface area (Å²) in [6.45, 7) is 14.6. The van der Waals surface area contributed by atoms with Crippen LogP contribution >= 0.6 is 0 Å². The standard InChI is InChI=1S/C24H35N3O2/c1-6-26-15-16-27(19-26)14-9-7-8-10-17-29-23(28)25-24(4,5)22-13-11-12-21(18-22)20(2)3/h11-13,15-16,18-19H,2,6-10,14,17H2,1,3-5H3/p+1. The molecule has 0 aliphatic heterocycles. The van der Waals surface area contributed by atoms with Crippen molar-refractivity contribution >= 4 is 11.7 Å². The summed E-state index contributed by atoms with van der Waals surface area (Å²) in [4.78, 5) is 12.2. The van der Waals surface area contributed by atoms with Gasteiger partial charge in [-0.05, 0) is 70.6 Å². The number of carbonyl (C=O) groups is 1. The third-order valence-electron chi connectivity index (χ3n) is 5.15. The quantitative estimate of drug-likeness (QED) is 0.425. The zero-order chi connectivity index (χ0) is 21.3. The number of hydrogen-bond acceptors (Lipinski definition) is 2. The van der Waals surface area contributed by atoms with E-state index < -0.39 is 5.54 Å². The molecule has 0 fully saturated rings. The number of imidazole rings is 1. The summed E-state index contributed by atoms with van der Waals surface area (Å²) in [5, 5.41) is 2.97. The minimum atomic E-state index is -0.505. The molecule has 0 saturated carbocycles. The zero-order valence-corrected chi connectivity index (χ0v) is 18.4. The van der Waals surface area contributed by atoms with Crippen LogP contribution in [0, 0.1) is 0 Å². The molecule has 0 radical (unpaired) electrons. The first-order valence-electron chi connectivity index (χ1n) is 10.6. The van der Waals surface area contributed by atoms with Crippen LogP contribution in [-0.4, -0.2) is 17.3 Å². The molecule has 1 aromatic carbocycles. The number of ether oxygens (including phenoxy) is 1. The fraction of sp³-hybridized carbons (Fsp3) is 0.500. The van der Waals surface area contributed by atoms with Gasteiger partial charge >= 0.3 is 6.09 Å². The summed E-state index contributed by atoms with van der Waals surface area (Å²) in [5.41, 5.74) is 2.61. The number of amides is 1. The molecule has 1 N–H and O–H groups in total. The zero-order valence-electron chi connectivity index (χ0n) is 18.4. The lowest BCUT2D eigenvalue weighted by Gasteiger charge is -2.27. The molecule has 0 spiro atoms. The number of nitrogens with zero attached hydrogens (tertiary/aromatic N) is 2. The second-order valence-corrected chi connectivity index (χ2v) is 8.14. The highest BCUT2D eigenvalue weighted by atomic mass is 16.5. The van der Waals surface area contributed by atoms with E-state index in [1.54, 1.807) is 0 Å². The van der Waals surface area contributed by atoms with Crippen molar-refractivity contribution in [1.29, 1.82) is 0 Å². The molecule has 0 atom stereocenters. The highest BCUT2D eigenvalue weighted by Crippen LogP contribution is 2.23. The van der Waals surface area contributed by atoms with Gasteiger partial charge in [-0.3, -0.25) is 0 Å². The van der Waals surface area contributed by atoms with Gasteiger partial charge in [-0.15, -0.1) is 0 Å². The first kappa shape index (κ1) is 22.7. The number of benzene rings is 1. The first-order chi connectivity index (χ1) is 13.8. The fourth-order valence-electron chi connectivity index (χ4n) is 3.21. The number of hydrogen-bond donors (Lipinski definition) is 1. The summed E-state index contributed by atoms with van der Waals surface area (Å²) in [5.74, 6) is 0. The van der Waals surface area contributed by atoms with Gasteiger partial charge in [0.25, 0.3) is 0 Å². The molecular formula is C24H36N3O2+. The molecule has 29 heavy (non-hydrogen) atoms. The van der Waals surface area contributed by atoms with Gasteiger partial charge in [0, 0.05) is 0 Å². The van der Waals surface area contributed by atoms with Crippen molar-refractivity contribution in [3.63, 3.8) is 0 Å². The average molecular weight is 399 g/mol. The van der Waals surface area contributed by atoms with Crippen LogP contribution in [0.25, 0.3) is 5.57 Å². The molecule has 0 unspecified atom stereocenters. The predicted octanol–water partition coefficient (Wildman–Crippen LogP) is 5.05. The van der Waals surface area contributed by atoms with Gasteiger partial charge < -0.3 is 10.1 Å². The van der Waals surface area contributed by atoms with Crippen LogP contribution in [0.1, 0.15) is 64.5 Å². The Hall–Kier alpha value is -2.56. The SMILES string of the molecule is C=C(C)c1cccc(C(C)(C)NC(=O)OCCCCCC[n+]2ccn(CC)c2)c1. The van der Waals surface area contributed by atoms with Crippen molar-refractivity contribution in [3.8, 4) is 0 Å². The Labute approximate surface area is 175 Å². The monoisotopic (exact) mass is 398 g/mol. The first-order valence-corrected chi connectivity index (χ1v) is 10.6. The third kappa shape index (κ3) is 7.41. The molecule has 158 valence electrons. The topological polar surface area (TPSA) is 47.1 Å². The smallest absolute Gasteiger partial charge is 0.407 e. The average Bonchev–Trinajstić information content (AvgIpc) is 3.15. The molecule has 5 heteroatoms. The van der Waals surface area contributed by atoms with Gasteiger partial charge in [0.15, 0.2) is 0 Å². The minimum absolute atomic E-state index is 0.368. The van der Waals surface area contributed by atoms with E-state index >= 15 is 0 Å². The van der Waals surface area contributed by atoms with Gasteiger partial charge in [0.1, 0.15) is 12.4 Å². The van der Waals surface area contributed by atoms with Crippen LogP contribution in [0.5, 0.6) is 0 Å². The van der Waals surface area contributed by atoms with E-state index in [4.69, 9.17) is 4.74 Å². The maximum absolute atomic E-state index is 12.2. The Morgan fingerprint density at radius 1 is 1.24 bits per heavy atom. The molecule has 1 aromatic heterocycles. The summed E-state index contributed by atoms with van der Waals surface area (Å²) in [6, 6.07) is 8.09. The van der Waals surface area contributed by atoms with E-state index in [9.17, 15) is 4.79 Å². The van der Waals surface area contributed by atoms with Crippen molar-refractivity contribution in [2.45, 2.75) is 72.0 Å². The maximum Gasteiger partial charge on any atom is 0.407 e. The lowest BCUT2D eigenvalue weighted by Crippen LogP contribution is -2.41. The lowest BCUT2D eigenvalue weighted by atomic mass is 9.92. The Balaban J connectivity index is 1.64. The number of unbranched alkanes of at least 4 members (excludes halogenated alkanes) is 3. The van der Waals surface area contributed by atoms with E-state index in [0.717, 1.165) is 55.5 Å². The van der Waals surface area contributed by atoms with Gasteiger partial charge in [-0.2, -0.15) is 0 Å². The summed E-state index contributed by atoms with van der Waals surface area (Å²) in [6.07, 6.45) is 10.2. The lowest BCUT2D eigenvalue weighted by molar-refractivity contribution is -0.696. The van der Waals surface area contributed by atoms with E-state index in [-0.39, 0.29) is 6.09 Å². The van der Waals surface area contributed by atoms with E-state index in [1.165, 1.54) is 0 Å². The number of aryl methyl sites for hydroxylation is 2. The fourth-order valence-corrected chi connectivity index (χ4v) is 3.21. The summed E-state index contributed by atoms with van der Waals surface area (Å²) >= 11 is 0. The van der Waals surface area contributed by atoms with Crippen LogP contribution < -0.4 is 9.88 Å². The van der Waals surface area contributed by atoms with Crippen LogP contribution in [0.4, 0.5) is 4.79 Å². The molecule has 0 aliphatic rings. The molecule has 0 bridgehead atoms. The Morgan fingerprint density at radius 3 is 2.69 bits per heavy atom. The van der Waals surface area contributed by atoms with Crippen LogP contribution in [0.2, 0.25) is 0 Å². The van der Waals surface area contributed by atoms with Gasteiger partial charge in [-0.1, -0.05) is 30.4 Å². The second kappa shape index (κ2) is 10.8. The maximum atomic E-state index is 12.2. The van der Waals surface area contributed by atoms with Gasteiger partial charge in [0.05, 0.1) is 25.2 Å². The van der Waals surface area contributed by atoms with Crippen molar-refractivity contribution in [2.24, 2.45) is 0 Å². The Morgan fingerprint density at radius 2 is 2.00 bits per heavy atom. The molecule has 5 nitrogen and oxygen atoms in total. The summed E-state index contributed by atoms with van der Waals surface area (Å²) in [7, 11) is 0. The van der Waals surface area contributed by atoms with Crippen molar-refractivity contribution in [2.75, 3.05) is 6.61 Å². The van der Waals surface area contributed by atoms with Crippen LogP contribution in [-0.2, 0) is 23.4 Å². The number of nitrogens with one attached hydrogen (secondary N) is 1. The van der Waals surface area contributed by atoms with E-state index in [2.05, 4.69) is 52.7 Å². The largest absolute Gasteiger partial charge is 0.450 e. The number of aromatic nitrogens is 2. The number of alkyl carbamates (subject to hydrolysis) is 1. The van der Waals surface area contributed by atoms with Gasteiger partial charge in [0.2, 0.25) is 6.33 Å². The Kier molecular flexibility index (Phi) is 8.50. The third-order valence-corrected chi connectivity index (χ3v) is 5.15. The van der Waals surface area contributed by atoms with Crippen molar-refractivity contribution < 1.29 is 14.1 Å². The van der Waals surface area contributed by atoms with Crippen molar-refractivity contribution in [1.82, 2.24) is 9.88 Å². The van der Waals surface area contributed by atoms with Gasteiger partial charge in [-0.25, -0.2) is 13.9 Å². The van der Waals surface area contributed by atoms with Crippen LogP contribution in [0.3, 0.4) is 0 Å². The van der Waals surface area contributed by atoms with E-state index in [0.29, 0.717) is 6.61 Å². The molecule has 1 heterocycles. The minimum Gasteiger partial charge on any atom is -0.450 e. The normalized spacial score (nSPS) is 11.3. The van der Waals surface area contributed by atoms with E-state index in [1.807, 2.05) is 39.0 Å². The second-order valence-electron chi connectivity index (χ2n) is 8.14. The van der Waals surface area contributed by atoms with Crippen LogP contribution in [0.15, 0.2) is 49.6 Å². The predicted molar refractivity (Wildman–Crippen MR) is 117 cm³/mol. The molecule has 2 aromatic rings. The summed E-state index contributed by atoms with van der Waals surface area (Å²) < 4.78 is 9.77. The molecule has 0 saturated heterocycles. The molecular weight excluding hydrogens is 362 g/mol. The Bertz CT molecular complexity index is 808.